The van der Waals surface area contributed by atoms with E-state index >= 15 is 8.78 Å². The molecule has 2 aromatic carbocycles. The third-order valence-corrected chi connectivity index (χ3v) is 16.2. The summed E-state index contributed by atoms with van der Waals surface area (Å²) < 4.78 is 219. The fourth-order valence-electron chi connectivity index (χ4n) is 8.59. The molecule has 5 aromatic rings. The Morgan fingerprint density at radius 2 is 1.62 bits per heavy atom. The zero-order valence-electron chi connectivity index (χ0n) is 39.0. The highest BCUT2D eigenvalue weighted by molar-refractivity contribution is 7.93. The summed E-state index contributed by atoms with van der Waals surface area (Å²) in [7, 11) is -13.9. The number of nitrogens with zero attached hydrogens (tertiary/aromatic N) is 6. The Bertz CT molecular complexity index is 3390. The summed E-state index contributed by atoms with van der Waals surface area (Å²) in [4.78, 5) is 50.3. The normalized spacial score (nSPS) is 17.4. The molecular formula is C43H42F10N7O11PS2. The number of sulfone groups is 1. The first-order valence-corrected chi connectivity index (χ1v) is 26.6. The third kappa shape index (κ3) is 11.5. The van der Waals surface area contributed by atoms with E-state index in [4.69, 9.17) is 14.5 Å². The Hall–Kier alpha value is -5.94. The van der Waals surface area contributed by atoms with Gasteiger partial charge in [-0.05, 0) is 68.5 Å². The highest BCUT2D eigenvalue weighted by Gasteiger charge is 2.54. The van der Waals surface area contributed by atoms with E-state index in [2.05, 4.69) is 25.0 Å². The maximum Gasteiger partial charge on any atom is 0.469 e. The number of phosphoric ester groups is 1. The number of hydrogen-bond acceptors (Lipinski definition) is 12. The second-order valence-corrected chi connectivity index (χ2v) is 23.7. The predicted molar refractivity (Wildman–Crippen MR) is 241 cm³/mol. The lowest BCUT2D eigenvalue weighted by atomic mass is 9.92. The maximum atomic E-state index is 15.6. The quantitative estimate of drug-likeness (QED) is 0.0518. The molecule has 18 nitrogen and oxygen atoms in total. The number of carbonyl (C=O) groups is 2. The molecule has 2 aliphatic rings. The number of amides is 2. The number of phosphoric acid groups is 1. The van der Waals surface area contributed by atoms with Crippen molar-refractivity contribution in [3.05, 3.63) is 99.6 Å². The Morgan fingerprint density at radius 1 is 0.986 bits per heavy atom. The topological polar surface area (TPSA) is 242 Å². The molecule has 2 amide bonds. The molecule has 3 aromatic heterocycles. The zero-order valence-corrected chi connectivity index (χ0v) is 41.5. The van der Waals surface area contributed by atoms with Crippen LogP contribution in [-0.4, -0.2) is 93.6 Å². The molecule has 402 valence electrons. The van der Waals surface area contributed by atoms with Gasteiger partial charge in [-0.2, -0.15) is 49.6 Å². The van der Waals surface area contributed by atoms with Crippen molar-refractivity contribution in [1.29, 1.82) is 0 Å². The first-order valence-electron chi connectivity index (χ1n) is 21.6. The average molecular weight is 1120 g/mol. The van der Waals surface area contributed by atoms with E-state index in [0.29, 0.717) is 6.07 Å². The van der Waals surface area contributed by atoms with Crippen molar-refractivity contribution in [1.82, 2.24) is 29.9 Å². The van der Waals surface area contributed by atoms with Crippen LogP contribution < -0.4 is 9.62 Å². The van der Waals surface area contributed by atoms with Crippen LogP contribution in [0.2, 0.25) is 0 Å². The first-order chi connectivity index (χ1) is 33.9. The van der Waals surface area contributed by atoms with Crippen molar-refractivity contribution in [3.63, 3.8) is 0 Å². The Balaban J connectivity index is 1.47. The molecule has 1 aliphatic carbocycles. The number of pyridine rings is 1. The smallest absolute Gasteiger partial charge is 0.446 e. The second kappa shape index (κ2) is 19.3. The summed E-state index contributed by atoms with van der Waals surface area (Å²) in [6.07, 6.45) is -11.5. The minimum Gasteiger partial charge on any atom is -0.446 e. The van der Waals surface area contributed by atoms with E-state index in [9.17, 15) is 66.1 Å². The molecule has 0 bridgehead atoms. The van der Waals surface area contributed by atoms with Crippen molar-refractivity contribution in [3.8, 4) is 11.1 Å². The molecule has 1 aliphatic heterocycles. The van der Waals surface area contributed by atoms with Gasteiger partial charge >= 0.3 is 26.3 Å². The molecule has 0 saturated heterocycles. The number of anilines is 1. The first kappa shape index (κ1) is 55.8. The lowest BCUT2D eigenvalue weighted by Gasteiger charge is -2.26. The average Bonchev–Trinajstić information content (AvgIpc) is 3.85. The van der Waals surface area contributed by atoms with E-state index in [1.807, 2.05) is 0 Å². The van der Waals surface area contributed by atoms with Gasteiger partial charge in [-0.25, -0.2) is 35.0 Å². The number of benzene rings is 2. The molecule has 2 atom stereocenters. The molecule has 0 unspecified atom stereocenters. The number of fused-ring (bicyclic) bond motifs is 1. The maximum absolute atomic E-state index is 15.6. The van der Waals surface area contributed by atoms with E-state index in [1.165, 1.54) is 39.0 Å². The van der Waals surface area contributed by atoms with Gasteiger partial charge in [0.05, 0.1) is 45.4 Å². The van der Waals surface area contributed by atoms with Crippen molar-refractivity contribution >= 4 is 62.0 Å². The summed E-state index contributed by atoms with van der Waals surface area (Å²) in [6, 6.07) is 5.00. The molecule has 0 radical (unpaired) electrons. The largest absolute Gasteiger partial charge is 0.469 e. The standard InChI is InChI=1S/C43H42F10N7O11PS2/c1-21(17-40(3,4)73(5,66)67)30-9-8-27(28-7-6-24-19-74(68,69)60(39(62)70-10-11-71-72(63,64)65)38-33(24)35(28)59(57-38)20-41(46,47)48)34(55-30)31(15-23-13-25(44)16-26(45)14-23)54-32(61)18-58-37-29(12-22(2)42(37,49)50)36(56-58)43(51,52)53/h6-9,13-14,16-17,22,31H,10-12,15,18-20H2,1-5H3,(H,54,61)(H2,63,64,65)/t22-,31+/m1/s1. The van der Waals surface area contributed by atoms with Crippen LogP contribution in [0.4, 0.5) is 54.5 Å². The summed E-state index contributed by atoms with van der Waals surface area (Å²) in [5.41, 5.74) is -5.80. The minimum absolute atomic E-state index is 0.0849. The summed E-state index contributed by atoms with van der Waals surface area (Å²) in [5.74, 6) is -11.3. The van der Waals surface area contributed by atoms with Gasteiger partial charge in [-0.15, -0.1) is 0 Å². The number of nitrogens with one attached hydrogen (secondary N) is 1. The number of rotatable bonds is 15. The molecule has 31 heteroatoms. The fourth-order valence-corrected chi connectivity index (χ4v) is 10.7. The SMILES string of the molecule is CC(=CC(C)(C)S(C)(=O)=O)c1ccc(-c2ccc3c4c(nn(CC(F)(F)F)c24)N(C(=O)OCCOP(=O)(O)O)S(=O)(=O)C3)c([C@H](Cc2cc(F)cc(F)c2)NC(=O)Cn2nc(C(F)(F)F)c3c2C(F)(F)[C@H](C)C3)n1. The molecule has 0 fully saturated rings. The Morgan fingerprint density at radius 3 is 2.22 bits per heavy atom. The summed E-state index contributed by atoms with van der Waals surface area (Å²) >= 11 is 0. The lowest BCUT2D eigenvalue weighted by molar-refractivity contribution is -0.143. The van der Waals surface area contributed by atoms with Crippen molar-refractivity contribution in [2.75, 3.05) is 23.8 Å². The highest BCUT2D eigenvalue weighted by Crippen LogP contribution is 2.50. The predicted octanol–water partition coefficient (Wildman–Crippen LogP) is 7.66. The van der Waals surface area contributed by atoms with Crippen LogP contribution in [0.5, 0.6) is 0 Å². The van der Waals surface area contributed by atoms with Crippen LogP contribution in [0.15, 0.2) is 48.5 Å². The molecule has 3 N–H and O–H groups in total. The molecular weight excluding hydrogens is 1080 g/mol. The molecule has 4 heterocycles. The van der Waals surface area contributed by atoms with Gasteiger partial charge in [-0.3, -0.25) is 23.7 Å². The monoisotopic (exact) mass is 1120 g/mol. The third-order valence-electron chi connectivity index (χ3n) is 12.1. The van der Waals surface area contributed by atoms with Gasteiger partial charge in [0.25, 0.3) is 5.92 Å². The molecule has 74 heavy (non-hydrogen) atoms. The molecule has 7 rings (SSSR count). The molecule has 0 saturated carbocycles. The van der Waals surface area contributed by atoms with Crippen LogP contribution >= 0.6 is 7.82 Å². The van der Waals surface area contributed by atoms with Crippen molar-refractivity contribution < 1.29 is 93.9 Å². The Kier molecular flexibility index (Phi) is 14.6. The zero-order chi connectivity index (χ0) is 55.1. The number of ether oxygens (including phenoxy) is 1. The number of hydrogen-bond donors (Lipinski definition) is 3. The van der Waals surface area contributed by atoms with Crippen molar-refractivity contribution in [2.24, 2.45) is 5.92 Å². The van der Waals surface area contributed by atoms with Crippen LogP contribution in [0, 0.1) is 17.6 Å². The van der Waals surface area contributed by atoms with Gasteiger partial charge < -0.3 is 19.8 Å². The lowest BCUT2D eigenvalue weighted by Crippen LogP contribution is -2.41. The van der Waals surface area contributed by atoms with Crippen LogP contribution in [0.3, 0.4) is 0 Å². The fraction of sp³-hybridized carbons (Fsp3) is 0.419. The second-order valence-electron chi connectivity index (χ2n) is 18.0. The molecule has 0 spiro atoms. The summed E-state index contributed by atoms with van der Waals surface area (Å²) in [6.45, 7) is -0.219. The van der Waals surface area contributed by atoms with Crippen molar-refractivity contribution in [2.45, 2.75) is 88.4 Å². The Labute approximate surface area is 413 Å². The van der Waals surface area contributed by atoms with Crippen LogP contribution in [0.1, 0.15) is 73.2 Å². The number of halogens is 10. The van der Waals surface area contributed by atoms with Gasteiger partial charge in [-0.1, -0.05) is 31.2 Å². The van der Waals surface area contributed by atoms with Crippen LogP contribution in [-0.2, 0) is 82.3 Å². The minimum atomic E-state index is -5.25. The van der Waals surface area contributed by atoms with Gasteiger partial charge in [0, 0.05) is 34.9 Å². The number of carbonyl (C=O) groups excluding carboxylic acids is 2. The number of aromatic nitrogens is 5. The van der Waals surface area contributed by atoms with E-state index in [0.717, 1.165) is 37.4 Å². The van der Waals surface area contributed by atoms with E-state index in [1.54, 1.807) is 0 Å². The number of sulfonamides is 1. The summed E-state index contributed by atoms with van der Waals surface area (Å²) in [5, 5.41) is 9.25. The van der Waals surface area contributed by atoms with E-state index in [-0.39, 0.29) is 47.2 Å². The van der Waals surface area contributed by atoms with Gasteiger partial charge in [0.15, 0.2) is 21.3 Å². The van der Waals surface area contributed by atoms with Gasteiger partial charge in [0.2, 0.25) is 15.9 Å². The number of allylic oxidation sites excluding steroid dienone is 1. The van der Waals surface area contributed by atoms with Crippen LogP contribution in [0.25, 0.3) is 27.6 Å². The number of alkyl halides is 8. The van der Waals surface area contributed by atoms with Gasteiger partial charge in [0.1, 0.15) is 37.0 Å². The highest BCUT2D eigenvalue weighted by atomic mass is 32.2. The van der Waals surface area contributed by atoms with E-state index < -0.39 is 171 Å².